The number of ether oxygens (including phenoxy) is 5. The highest BCUT2D eigenvalue weighted by Crippen LogP contribution is 2.35. The first-order chi connectivity index (χ1) is 21.7. The van der Waals surface area contributed by atoms with E-state index in [0.717, 1.165) is 6.08 Å². The lowest BCUT2D eigenvalue weighted by Gasteiger charge is -2.50. The van der Waals surface area contributed by atoms with Crippen LogP contribution in [-0.4, -0.2) is 208 Å². The normalized spacial score (nSPS) is 50.1. The van der Waals surface area contributed by atoms with Gasteiger partial charge < -0.3 is 90.1 Å². The van der Waals surface area contributed by atoms with Crippen molar-refractivity contribution in [3.05, 3.63) is 16.6 Å². The highest BCUT2D eigenvalue weighted by Gasteiger charge is 2.55. The minimum atomic E-state index is -2.01. The zero-order valence-electron chi connectivity index (χ0n) is 24.3. The summed E-state index contributed by atoms with van der Waals surface area (Å²) in [5.41, 5.74) is -0.148. The fourth-order valence-electron chi connectivity index (χ4n) is 6.09. The molecule has 3 saturated heterocycles. The molecule has 0 saturated carbocycles. The van der Waals surface area contributed by atoms with Crippen LogP contribution in [0.2, 0.25) is 0 Å². The molecule has 8 unspecified atom stereocenters. The van der Waals surface area contributed by atoms with Gasteiger partial charge in [-0.15, -0.1) is 4.91 Å². The van der Waals surface area contributed by atoms with Crippen molar-refractivity contribution in [3.63, 3.8) is 0 Å². The molecule has 3 fully saturated rings. The summed E-state index contributed by atoms with van der Waals surface area (Å²) in [5.74, 6) is 0. The van der Waals surface area contributed by atoms with Crippen LogP contribution >= 0.6 is 0 Å². The number of aliphatic hydroxyl groups excluding tert-OH is 13. The summed E-state index contributed by atoms with van der Waals surface area (Å²) in [4.78, 5) is 11.9. The maximum Gasteiger partial charge on any atom is 0.187 e. The van der Waals surface area contributed by atoms with Crippen molar-refractivity contribution in [2.75, 3.05) is 19.8 Å². The number of rotatable bonds is 10. The van der Waals surface area contributed by atoms with Crippen LogP contribution < -0.4 is 0 Å². The van der Waals surface area contributed by atoms with E-state index in [0.29, 0.717) is 5.01 Å². The predicted molar refractivity (Wildman–Crippen MR) is 142 cm³/mol. The molecule has 21 nitrogen and oxygen atoms in total. The van der Waals surface area contributed by atoms with E-state index >= 15 is 0 Å². The lowest BCUT2D eigenvalue weighted by Crippen LogP contribution is -2.68. The molecule has 0 bridgehead atoms. The monoisotopic (exact) mass is 674 g/mol. The molecule has 0 aromatic heterocycles. The molecule has 21 heteroatoms. The zero-order valence-corrected chi connectivity index (χ0v) is 24.3. The number of nitrogens with zero attached hydrogens (tertiary/aromatic N) is 2. The van der Waals surface area contributed by atoms with Crippen molar-refractivity contribution in [1.29, 1.82) is 0 Å². The van der Waals surface area contributed by atoms with Crippen molar-refractivity contribution in [1.82, 2.24) is 5.01 Å². The minimum Gasteiger partial charge on any atom is -0.394 e. The van der Waals surface area contributed by atoms with Crippen LogP contribution in [0.1, 0.15) is 6.92 Å². The molecule has 0 spiro atoms. The largest absolute Gasteiger partial charge is 0.394 e. The SMILES string of the molecule is CC1O[C@@H](O[C@H]2C(CO)O[C@@H](O[C@H]3C(CO)OC(O)C(O)[C@@H]3O)C(O)[C@@H]2O)C(O)[C@H](O)[C@H]1N(N=O)[C@@H]1C=C(CO)[C@@H](O)[C@@H](O)C1O. The Labute approximate surface area is 260 Å². The van der Waals surface area contributed by atoms with Crippen molar-refractivity contribution in [3.8, 4) is 0 Å². The lowest BCUT2D eigenvalue weighted by atomic mass is 9.86. The topological polar surface area (TPSA) is 342 Å². The molecule has 4 aliphatic rings. The quantitative estimate of drug-likeness (QED) is 0.0581. The van der Waals surface area contributed by atoms with Crippen LogP contribution in [0, 0.1) is 4.91 Å². The molecule has 19 atom stereocenters. The Bertz CT molecular complexity index is 1040. The van der Waals surface area contributed by atoms with Gasteiger partial charge in [-0.3, -0.25) is 0 Å². The van der Waals surface area contributed by atoms with Crippen molar-refractivity contribution in [2.45, 2.75) is 123 Å². The second-order valence-electron chi connectivity index (χ2n) is 11.6. The fourth-order valence-corrected chi connectivity index (χ4v) is 6.09. The molecular formula is C25H42N2O19. The van der Waals surface area contributed by atoms with Gasteiger partial charge in [-0.2, -0.15) is 0 Å². The van der Waals surface area contributed by atoms with Crippen LogP contribution in [-0.2, 0) is 23.7 Å². The van der Waals surface area contributed by atoms with Gasteiger partial charge in [-0.25, -0.2) is 5.01 Å². The first-order valence-corrected chi connectivity index (χ1v) is 14.4. The average molecular weight is 675 g/mol. The van der Waals surface area contributed by atoms with Crippen LogP contribution in [0.4, 0.5) is 0 Å². The Morgan fingerprint density at radius 3 is 1.76 bits per heavy atom. The van der Waals surface area contributed by atoms with Gasteiger partial charge in [0.2, 0.25) is 0 Å². The third-order valence-corrected chi connectivity index (χ3v) is 8.73. The fraction of sp³-hybridized carbons (Fsp3) is 0.920. The summed E-state index contributed by atoms with van der Waals surface area (Å²) < 4.78 is 27.3. The van der Waals surface area contributed by atoms with E-state index < -0.39 is 136 Å². The van der Waals surface area contributed by atoms with E-state index in [9.17, 15) is 71.3 Å². The molecule has 3 heterocycles. The molecule has 1 aliphatic carbocycles. The molecule has 13 N–H and O–H groups in total. The Kier molecular flexibility index (Phi) is 12.4. The zero-order chi connectivity index (χ0) is 34.2. The number of hydrogen-bond acceptors (Lipinski definition) is 20. The Balaban J connectivity index is 1.47. The highest BCUT2D eigenvalue weighted by atomic mass is 16.7. The predicted octanol–water partition coefficient (Wildman–Crippen LogP) is -8.17. The van der Waals surface area contributed by atoms with E-state index in [1.165, 1.54) is 6.92 Å². The summed E-state index contributed by atoms with van der Waals surface area (Å²) >= 11 is 0. The van der Waals surface area contributed by atoms with Gasteiger partial charge in [0.25, 0.3) is 0 Å². The lowest BCUT2D eigenvalue weighted by molar-refractivity contribution is -0.375. The van der Waals surface area contributed by atoms with E-state index in [4.69, 9.17) is 23.7 Å². The van der Waals surface area contributed by atoms with Gasteiger partial charge in [0.1, 0.15) is 85.4 Å². The highest BCUT2D eigenvalue weighted by molar-refractivity contribution is 5.22. The van der Waals surface area contributed by atoms with Crippen LogP contribution in [0.15, 0.2) is 16.9 Å². The van der Waals surface area contributed by atoms with E-state index in [2.05, 4.69) is 5.29 Å². The maximum atomic E-state index is 11.9. The third kappa shape index (κ3) is 6.94. The molecule has 4 rings (SSSR count). The molecule has 0 aromatic carbocycles. The summed E-state index contributed by atoms with van der Waals surface area (Å²) in [7, 11) is 0. The second-order valence-corrected chi connectivity index (χ2v) is 11.6. The first kappa shape index (κ1) is 37.2. The maximum absolute atomic E-state index is 11.9. The Morgan fingerprint density at radius 1 is 0.696 bits per heavy atom. The van der Waals surface area contributed by atoms with Crippen molar-refractivity contribution >= 4 is 0 Å². The van der Waals surface area contributed by atoms with Gasteiger partial charge in [0.05, 0.1) is 37.3 Å². The van der Waals surface area contributed by atoms with Crippen LogP contribution in [0.25, 0.3) is 0 Å². The molecule has 3 aliphatic heterocycles. The summed E-state index contributed by atoms with van der Waals surface area (Å²) in [6.45, 7) is -1.11. The first-order valence-electron chi connectivity index (χ1n) is 14.4. The van der Waals surface area contributed by atoms with Gasteiger partial charge in [0, 0.05) is 0 Å². The smallest absolute Gasteiger partial charge is 0.187 e. The van der Waals surface area contributed by atoms with Gasteiger partial charge in [-0.1, -0.05) is 6.08 Å². The van der Waals surface area contributed by atoms with E-state index in [1.807, 2.05) is 0 Å². The van der Waals surface area contributed by atoms with Crippen molar-refractivity contribution < 1.29 is 90.1 Å². The van der Waals surface area contributed by atoms with Gasteiger partial charge >= 0.3 is 0 Å². The number of aliphatic hydroxyl groups is 13. The standard InChI is InChI=1S/C25H42N2O19/c1-6-11(27(26-41)8-2-7(3-28)12(31)15(34)13(8)32)14(33)19(38)24(42-6)45-22-10(5-30)44-25(20(39)17(22)36)46-21-9(4-29)43-23(40)18(37)16(21)35/h2,6,8-25,28-40H,3-5H2,1H3/t6?,8-,9?,10?,11+,12-,13?,14-,15-,16+,17+,18?,19?,20?,21+,22+,23?,24+,25+/m1/s1. The summed E-state index contributed by atoms with van der Waals surface area (Å²) in [6, 6.07) is -3.00. The second kappa shape index (κ2) is 15.3. The molecule has 266 valence electrons. The van der Waals surface area contributed by atoms with Gasteiger partial charge in [-0.05, 0) is 12.5 Å². The molecule has 0 amide bonds. The Morgan fingerprint density at radius 2 is 1.22 bits per heavy atom. The number of hydrogen-bond donors (Lipinski definition) is 13. The molecule has 46 heavy (non-hydrogen) atoms. The summed E-state index contributed by atoms with van der Waals surface area (Å²) in [6.07, 6.45) is -28.8. The molecular weight excluding hydrogens is 632 g/mol. The van der Waals surface area contributed by atoms with Crippen molar-refractivity contribution in [2.24, 2.45) is 5.29 Å². The third-order valence-electron chi connectivity index (χ3n) is 8.73. The summed E-state index contributed by atoms with van der Waals surface area (Å²) in [5, 5.41) is 137. The molecule has 0 radical (unpaired) electrons. The average Bonchev–Trinajstić information content (AvgIpc) is 3.04. The van der Waals surface area contributed by atoms with E-state index in [1.54, 1.807) is 0 Å². The Hall–Kier alpha value is -1.58. The minimum absolute atomic E-state index is 0.148. The van der Waals surface area contributed by atoms with Crippen LogP contribution in [0.3, 0.4) is 0 Å². The van der Waals surface area contributed by atoms with Gasteiger partial charge in [0.15, 0.2) is 18.9 Å². The molecule has 0 aromatic rings. The van der Waals surface area contributed by atoms with E-state index in [-0.39, 0.29) is 5.57 Å². The van der Waals surface area contributed by atoms with Crippen LogP contribution in [0.5, 0.6) is 0 Å². The number of nitroso groups, excluding NO2 is 1.